The molecule has 0 aliphatic carbocycles. The molecule has 0 aliphatic heterocycles. The summed E-state index contributed by atoms with van der Waals surface area (Å²) in [6.45, 7) is 0.832. The summed E-state index contributed by atoms with van der Waals surface area (Å²) >= 11 is 2.52. The van der Waals surface area contributed by atoms with Crippen LogP contribution in [0.1, 0.15) is 93.1 Å². The minimum Gasteiger partial charge on any atom is -0.494 e. The molecule has 4 aromatic carbocycles. The SMILES string of the molecule is COc1cc(C(=O)C[C@@H](CCCCN)C(=O)c2ccc(OC)c(-c3csc4c(F)cccc34)n2)ccc1OCCO.COc1cc(C(=O)C[C@H](CCCCN)C(=O)c2ccc(OC)c(-c3csc4c(F)cccc34)n2)ccc1OCCO. The fraction of sp³-hybridized carbons (Fsp3) is 0.323. The number of ketones is 4. The number of aliphatic hydroxyl groups is 2. The highest BCUT2D eigenvalue weighted by Gasteiger charge is 2.29. The van der Waals surface area contributed by atoms with Gasteiger partial charge in [0.25, 0.3) is 0 Å². The number of aromatic nitrogens is 2. The third-order valence-electron chi connectivity index (χ3n) is 13.6. The van der Waals surface area contributed by atoms with E-state index in [1.807, 2.05) is 12.1 Å². The average Bonchev–Trinajstić information content (AvgIpc) is 4.18. The van der Waals surface area contributed by atoms with Crippen molar-refractivity contribution >= 4 is 66.0 Å². The smallest absolute Gasteiger partial charge is 0.184 e. The summed E-state index contributed by atoms with van der Waals surface area (Å²) in [5.41, 5.74) is 14.8. The van der Waals surface area contributed by atoms with Crippen LogP contribution in [0.2, 0.25) is 0 Å². The normalized spacial score (nSPS) is 11.8. The van der Waals surface area contributed by atoms with Gasteiger partial charge in [0, 0.05) is 68.5 Å². The van der Waals surface area contributed by atoms with Crippen LogP contribution in [-0.4, -0.2) is 111 Å². The molecular weight excluding hydrogens is 1090 g/mol. The molecule has 0 saturated carbocycles. The Morgan fingerprint density at radius 2 is 0.915 bits per heavy atom. The first-order valence-electron chi connectivity index (χ1n) is 26.6. The number of nitrogens with two attached hydrogens (primary N) is 2. The van der Waals surface area contributed by atoms with E-state index in [0.717, 1.165) is 12.8 Å². The summed E-state index contributed by atoms with van der Waals surface area (Å²) in [6, 6.07) is 25.8. The van der Waals surface area contributed by atoms with E-state index in [1.54, 1.807) is 83.6 Å². The Kier molecular flexibility index (Phi) is 22.9. The first kappa shape index (κ1) is 61.9. The van der Waals surface area contributed by atoms with Crippen LogP contribution < -0.4 is 39.9 Å². The topological polar surface area (TPSA) is 242 Å². The lowest BCUT2D eigenvalue weighted by Crippen LogP contribution is -2.21. The van der Waals surface area contributed by atoms with Crippen LogP contribution in [-0.2, 0) is 0 Å². The van der Waals surface area contributed by atoms with Crippen LogP contribution in [0.3, 0.4) is 0 Å². The molecule has 4 heterocycles. The number of thiophene rings is 2. The summed E-state index contributed by atoms with van der Waals surface area (Å²) in [7, 11) is 5.96. The van der Waals surface area contributed by atoms with Gasteiger partial charge < -0.3 is 50.1 Å². The Hall–Kier alpha value is -7.72. The van der Waals surface area contributed by atoms with Crippen molar-refractivity contribution in [1.82, 2.24) is 9.97 Å². The number of rotatable bonds is 30. The monoisotopic (exact) mass is 1160 g/mol. The Morgan fingerprint density at radius 3 is 1.28 bits per heavy atom. The quantitative estimate of drug-likeness (QED) is 0.0242. The molecule has 0 unspecified atom stereocenters. The molecule has 0 bridgehead atoms. The third kappa shape index (κ3) is 15.0. The van der Waals surface area contributed by atoms with Gasteiger partial charge in [-0.25, -0.2) is 18.7 Å². The fourth-order valence-corrected chi connectivity index (χ4v) is 11.3. The number of pyridine rings is 2. The van der Waals surface area contributed by atoms with E-state index in [-0.39, 0.29) is 85.4 Å². The highest BCUT2D eigenvalue weighted by atomic mass is 32.1. The molecule has 82 heavy (non-hydrogen) atoms. The Labute approximate surface area is 481 Å². The molecule has 8 rings (SSSR count). The number of carbonyl (C=O) groups is 4. The molecule has 0 aliphatic rings. The lowest BCUT2D eigenvalue weighted by Gasteiger charge is -2.17. The van der Waals surface area contributed by atoms with E-state index >= 15 is 0 Å². The maximum absolute atomic E-state index is 14.4. The first-order valence-corrected chi connectivity index (χ1v) is 28.4. The van der Waals surface area contributed by atoms with E-state index in [1.165, 1.54) is 63.2 Å². The van der Waals surface area contributed by atoms with Gasteiger partial charge in [-0.1, -0.05) is 37.1 Å². The number of nitrogens with zero attached hydrogens (tertiary/aromatic N) is 2. The number of hydrogen-bond acceptors (Lipinski definition) is 18. The second-order valence-electron chi connectivity index (χ2n) is 18.8. The van der Waals surface area contributed by atoms with Crippen molar-refractivity contribution in [2.24, 2.45) is 23.3 Å². The highest BCUT2D eigenvalue weighted by molar-refractivity contribution is 7.18. The zero-order valence-electron chi connectivity index (χ0n) is 46.0. The van der Waals surface area contributed by atoms with Crippen molar-refractivity contribution in [3.63, 3.8) is 0 Å². The lowest BCUT2D eigenvalue weighted by atomic mass is 9.88. The number of methoxy groups -OCH3 is 4. The minimum absolute atomic E-state index is 0.0287. The summed E-state index contributed by atoms with van der Waals surface area (Å²) in [5, 5.41) is 23.0. The molecule has 2 atom stereocenters. The van der Waals surface area contributed by atoms with Crippen LogP contribution in [0.5, 0.6) is 34.5 Å². The summed E-state index contributed by atoms with van der Waals surface area (Å²) in [4.78, 5) is 63.7. The van der Waals surface area contributed by atoms with Gasteiger partial charge in [0.05, 0.1) is 51.1 Å². The molecule has 16 nitrogen and oxygen atoms in total. The van der Waals surface area contributed by atoms with Gasteiger partial charge in [0.2, 0.25) is 0 Å². The van der Waals surface area contributed by atoms with Crippen molar-refractivity contribution in [3.05, 3.63) is 142 Å². The van der Waals surface area contributed by atoms with Crippen LogP contribution >= 0.6 is 22.7 Å². The number of benzene rings is 4. The number of unbranched alkanes of at least 4 members (excludes halogenated alkanes) is 2. The molecule has 0 fully saturated rings. The molecule has 8 aromatic rings. The second kappa shape index (κ2) is 30.4. The number of Topliss-reactive ketones (excluding diaryl/α,β-unsaturated/α-hetero) is 4. The van der Waals surface area contributed by atoms with E-state index in [2.05, 4.69) is 9.97 Å². The van der Waals surface area contributed by atoms with Crippen molar-refractivity contribution in [2.45, 2.75) is 51.4 Å². The Morgan fingerprint density at radius 1 is 0.524 bits per heavy atom. The van der Waals surface area contributed by atoms with Crippen LogP contribution in [0.15, 0.2) is 108 Å². The third-order valence-corrected chi connectivity index (χ3v) is 15.6. The molecule has 0 saturated heterocycles. The van der Waals surface area contributed by atoms with Crippen molar-refractivity contribution < 1.29 is 66.6 Å². The van der Waals surface area contributed by atoms with Gasteiger partial charge in [0.15, 0.2) is 46.1 Å². The summed E-state index contributed by atoms with van der Waals surface area (Å²) < 4.78 is 62.5. The van der Waals surface area contributed by atoms with Crippen molar-refractivity contribution in [2.75, 3.05) is 68.0 Å². The standard InChI is InChI=1S/2C31H33FN2O6S/c2*1-38-27-12-10-24(34-29(27)22-18-41-31-21(22)7-5-8-23(31)32)30(37)20(6-3-4-13-33)16-25(36)19-9-11-26(40-15-14-35)28(17-19)39-2/h2*5,7-12,17-18,20,35H,3-4,6,13-16,33H2,1-2H3/t2*20-/m10/s1. The predicted molar refractivity (Wildman–Crippen MR) is 314 cm³/mol. The van der Waals surface area contributed by atoms with Gasteiger partial charge in [-0.2, -0.15) is 0 Å². The maximum Gasteiger partial charge on any atom is 0.184 e. The number of hydrogen-bond donors (Lipinski definition) is 4. The number of carbonyl (C=O) groups excluding carboxylic acids is 4. The van der Waals surface area contributed by atoms with Crippen LogP contribution in [0, 0.1) is 23.5 Å². The lowest BCUT2D eigenvalue weighted by molar-refractivity contribution is 0.0839. The van der Waals surface area contributed by atoms with Gasteiger partial charge in [-0.05, 0) is 112 Å². The zero-order valence-corrected chi connectivity index (χ0v) is 47.7. The molecule has 432 valence electrons. The predicted octanol–water partition coefficient (Wildman–Crippen LogP) is 11.4. The molecule has 4 aromatic heterocycles. The van der Waals surface area contributed by atoms with E-state index in [9.17, 15) is 28.0 Å². The molecule has 20 heteroatoms. The van der Waals surface area contributed by atoms with E-state index in [4.69, 9.17) is 50.1 Å². The van der Waals surface area contributed by atoms with Gasteiger partial charge in [0.1, 0.15) is 59.1 Å². The molecule has 0 spiro atoms. The summed E-state index contributed by atoms with van der Waals surface area (Å²) in [6.07, 6.45) is 3.66. The summed E-state index contributed by atoms with van der Waals surface area (Å²) in [5.74, 6) is -0.449. The average molecular weight is 1160 g/mol. The highest BCUT2D eigenvalue weighted by Crippen LogP contribution is 2.41. The largest absolute Gasteiger partial charge is 0.494 e. The zero-order chi connectivity index (χ0) is 58.7. The van der Waals surface area contributed by atoms with Gasteiger partial charge in [-0.3, -0.25) is 19.2 Å². The van der Waals surface area contributed by atoms with Gasteiger partial charge >= 0.3 is 0 Å². The second-order valence-corrected chi connectivity index (χ2v) is 20.6. The van der Waals surface area contributed by atoms with Crippen molar-refractivity contribution in [3.8, 4) is 57.0 Å². The Balaban J connectivity index is 0.000000236. The van der Waals surface area contributed by atoms with E-state index in [0.29, 0.717) is 127 Å². The first-order chi connectivity index (χ1) is 39.8. The van der Waals surface area contributed by atoms with E-state index < -0.39 is 11.8 Å². The van der Waals surface area contributed by atoms with Crippen LogP contribution in [0.25, 0.3) is 42.7 Å². The fourth-order valence-electron chi connectivity index (χ4n) is 9.35. The maximum atomic E-state index is 14.4. The number of aliphatic hydroxyl groups excluding tert-OH is 2. The number of halogens is 2. The minimum atomic E-state index is -0.629. The molecular formula is C62H66F2N4O12S2. The van der Waals surface area contributed by atoms with Gasteiger partial charge in [-0.15, -0.1) is 22.7 Å². The molecule has 0 radical (unpaired) electrons. The molecule has 6 N–H and O–H groups in total. The number of fused-ring (bicyclic) bond motifs is 2. The Bertz CT molecular complexity index is 3270. The number of ether oxygens (including phenoxy) is 6. The van der Waals surface area contributed by atoms with Crippen molar-refractivity contribution in [1.29, 1.82) is 0 Å². The molecule has 0 amide bonds. The van der Waals surface area contributed by atoms with Crippen LogP contribution in [0.4, 0.5) is 8.78 Å².